The molecule has 39 heavy (non-hydrogen) atoms. The van der Waals surface area contributed by atoms with Crippen LogP contribution in [0.25, 0.3) is 0 Å². The number of amides is 1. The number of esters is 1. The quantitative estimate of drug-likeness (QED) is 0.186. The van der Waals surface area contributed by atoms with Gasteiger partial charge in [0.25, 0.3) is 11.6 Å². The van der Waals surface area contributed by atoms with Gasteiger partial charge in [0.05, 0.1) is 33.1 Å². The van der Waals surface area contributed by atoms with Gasteiger partial charge in [0.15, 0.2) is 6.10 Å². The maximum absolute atomic E-state index is 14.1. The Morgan fingerprint density at radius 1 is 1.13 bits per heavy atom. The van der Waals surface area contributed by atoms with E-state index < -0.39 is 22.2 Å². The van der Waals surface area contributed by atoms with E-state index in [1.54, 1.807) is 4.90 Å². The molecule has 0 N–H and O–H groups in total. The Hall–Kier alpha value is -3.60. The Labute approximate surface area is 235 Å². The first-order valence-electron chi connectivity index (χ1n) is 12.3. The smallest absolute Gasteiger partial charge is 0.340 e. The van der Waals surface area contributed by atoms with E-state index in [0.29, 0.717) is 25.4 Å². The van der Waals surface area contributed by atoms with E-state index >= 15 is 0 Å². The van der Waals surface area contributed by atoms with Crippen LogP contribution in [0.4, 0.5) is 11.4 Å². The number of benzene rings is 3. The third kappa shape index (κ3) is 6.52. The minimum atomic E-state index is -1.21. The molecule has 4 rings (SSSR count). The highest BCUT2D eigenvalue weighted by Crippen LogP contribution is 2.47. The maximum Gasteiger partial charge on any atom is 0.340 e. The van der Waals surface area contributed by atoms with Crippen molar-refractivity contribution in [2.75, 3.05) is 38.7 Å². The fourth-order valence-corrected chi connectivity index (χ4v) is 5.72. The van der Waals surface area contributed by atoms with Crippen LogP contribution >= 0.6 is 23.4 Å². The zero-order valence-corrected chi connectivity index (χ0v) is 23.3. The van der Waals surface area contributed by atoms with Crippen LogP contribution in [0.1, 0.15) is 28.1 Å². The van der Waals surface area contributed by atoms with Crippen molar-refractivity contribution in [2.24, 2.45) is 0 Å². The van der Waals surface area contributed by atoms with Crippen molar-refractivity contribution in [1.82, 2.24) is 4.90 Å². The average molecular weight is 570 g/mol. The second kappa shape index (κ2) is 12.5. The largest absolute Gasteiger partial charge is 0.494 e. The molecule has 11 heteroatoms. The second-order valence-corrected chi connectivity index (χ2v) is 10.6. The van der Waals surface area contributed by atoms with Gasteiger partial charge in [0, 0.05) is 30.1 Å². The molecule has 0 bridgehead atoms. The van der Waals surface area contributed by atoms with Gasteiger partial charge in [-0.2, -0.15) is 0 Å². The van der Waals surface area contributed by atoms with Crippen LogP contribution in [0.3, 0.4) is 0 Å². The Morgan fingerprint density at radius 2 is 1.85 bits per heavy atom. The number of fused-ring (bicyclic) bond motifs is 1. The molecule has 204 valence electrons. The van der Waals surface area contributed by atoms with Crippen LogP contribution in [0.5, 0.6) is 5.75 Å². The van der Waals surface area contributed by atoms with Gasteiger partial charge in [-0.05, 0) is 56.9 Å². The summed E-state index contributed by atoms with van der Waals surface area (Å²) in [5.41, 5.74) is 1.19. The summed E-state index contributed by atoms with van der Waals surface area (Å²) < 4.78 is 11.5. The lowest BCUT2D eigenvalue weighted by Crippen LogP contribution is -2.45. The van der Waals surface area contributed by atoms with E-state index in [4.69, 9.17) is 21.1 Å². The number of thioether (sulfide) groups is 1. The summed E-state index contributed by atoms with van der Waals surface area (Å²) in [6.07, 6.45) is -1.21. The Balaban J connectivity index is 1.76. The van der Waals surface area contributed by atoms with Gasteiger partial charge in [-0.15, -0.1) is 11.8 Å². The summed E-state index contributed by atoms with van der Waals surface area (Å²) in [6.45, 7) is 3.38. The van der Waals surface area contributed by atoms with Gasteiger partial charge in [-0.25, -0.2) is 4.79 Å². The minimum Gasteiger partial charge on any atom is -0.494 e. The highest BCUT2D eigenvalue weighted by molar-refractivity contribution is 7.99. The van der Waals surface area contributed by atoms with E-state index in [0.717, 1.165) is 22.2 Å². The Morgan fingerprint density at radius 3 is 2.49 bits per heavy atom. The van der Waals surface area contributed by atoms with Crippen LogP contribution in [0.15, 0.2) is 71.6 Å². The lowest BCUT2D eigenvalue weighted by Gasteiger charge is -2.28. The highest BCUT2D eigenvalue weighted by atomic mass is 35.5. The van der Waals surface area contributed by atoms with Crippen LogP contribution < -0.4 is 9.64 Å². The molecule has 0 unspecified atom stereocenters. The van der Waals surface area contributed by atoms with Crippen molar-refractivity contribution in [2.45, 2.75) is 23.2 Å². The number of hydrogen-bond donors (Lipinski definition) is 0. The molecule has 1 amide bonds. The fraction of sp³-hybridized carbons (Fsp3) is 0.286. The number of nitro groups is 1. The molecule has 0 saturated heterocycles. The Bertz CT molecular complexity index is 1370. The van der Waals surface area contributed by atoms with Crippen molar-refractivity contribution in [3.8, 4) is 5.75 Å². The van der Waals surface area contributed by atoms with E-state index in [1.807, 2.05) is 74.4 Å². The van der Waals surface area contributed by atoms with Gasteiger partial charge < -0.3 is 19.3 Å². The van der Waals surface area contributed by atoms with Gasteiger partial charge in [-0.1, -0.05) is 35.9 Å². The van der Waals surface area contributed by atoms with Crippen LogP contribution in [-0.2, 0) is 9.53 Å². The molecule has 9 nitrogen and oxygen atoms in total. The first-order valence-corrected chi connectivity index (χ1v) is 13.5. The number of halogens is 1. The number of rotatable bonds is 9. The van der Waals surface area contributed by atoms with Crippen LogP contribution in [0.2, 0.25) is 5.02 Å². The van der Waals surface area contributed by atoms with Crippen LogP contribution in [-0.4, -0.2) is 61.6 Å². The van der Waals surface area contributed by atoms with E-state index in [1.165, 1.54) is 23.9 Å². The predicted molar refractivity (Wildman–Crippen MR) is 151 cm³/mol. The van der Waals surface area contributed by atoms with Gasteiger partial charge in [0.1, 0.15) is 5.75 Å². The number of ether oxygens (including phenoxy) is 2. The second-order valence-electron chi connectivity index (χ2n) is 9.05. The number of carbonyl (C=O) groups is 2. The third-order valence-corrected chi connectivity index (χ3v) is 7.79. The topological polar surface area (TPSA) is 102 Å². The summed E-state index contributed by atoms with van der Waals surface area (Å²) in [7, 11) is 3.83. The standard InChI is InChI=1S/C28H28ClN3O6S/c1-4-37-20-12-9-18(10-13-20)26-25(38-28(34)21-14-11-19(32(35)36)17-22(21)29)27(33)31(16-15-30(2)3)23-7-5-6-8-24(23)39-26/h5-14,17,25-26H,4,15-16H2,1-3H3/t25-,26+/m1/s1. The number of para-hydroxylation sites is 1. The molecule has 0 spiro atoms. The molecule has 2 atom stereocenters. The summed E-state index contributed by atoms with van der Waals surface area (Å²) >= 11 is 7.65. The zero-order chi connectivity index (χ0) is 28.1. The summed E-state index contributed by atoms with van der Waals surface area (Å²) in [5, 5.41) is 10.4. The number of nitro benzene ring substituents is 1. The molecule has 1 aliphatic rings. The first-order chi connectivity index (χ1) is 18.7. The number of likely N-dealkylation sites (N-methyl/N-ethyl adjacent to an activating group) is 1. The van der Waals surface area contributed by atoms with Crippen molar-refractivity contribution in [1.29, 1.82) is 0 Å². The normalized spacial score (nSPS) is 16.9. The molecule has 0 aliphatic carbocycles. The monoisotopic (exact) mass is 569 g/mol. The fourth-order valence-electron chi connectivity index (χ4n) is 4.15. The Kier molecular flexibility index (Phi) is 9.11. The molecular formula is C28H28ClN3O6S. The number of nitrogens with zero attached hydrogens (tertiary/aromatic N) is 3. The summed E-state index contributed by atoms with van der Waals surface area (Å²) in [4.78, 5) is 42.5. The molecule has 0 saturated carbocycles. The molecular weight excluding hydrogens is 542 g/mol. The lowest BCUT2D eigenvalue weighted by atomic mass is 10.0. The number of non-ortho nitro benzene ring substituents is 1. The molecule has 3 aromatic carbocycles. The number of hydrogen-bond acceptors (Lipinski definition) is 8. The first kappa shape index (κ1) is 28.4. The summed E-state index contributed by atoms with van der Waals surface area (Å²) in [6, 6.07) is 18.4. The predicted octanol–water partition coefficient (Wildman–Crippen LogP) is 5.61. The number of carbonyl (C=O) groups excluding carboxylic acids is 2. The average Bonchev–Trinajstić information content (AvgIpc) is 3.02. The lowest BCUT2D eigenvalue weighted by molar-refractivity contribution is -0.384. The van der Waals surface area contributed by atoms with Gasteiger partial charge in [0.2, 0.25) is 0 Å². The van der Waals surface area contributed by atoms with Crippen molar-refractivity contribution in [3.05, 3.63) is 93.0 Å². The van der Waals surface area contributed by atoms with E-state index in [-0.39, 0.29) is 22.2 Å². The van der Waals surface area contributed by atoms with Crippen molar-refractivity contribution in [3.63, 3.8) is 0 Å². The molecule has 1 aliphatic heterocycles. The van der Waals surface area contributed by atoms with Crippen molar-refractivity contribution < 1.29 is 24.0 Å². The molecule has 0 aromatic heterocycles. The highest BCUT2D eigenvalue weighted by Gasteiger charge is 2.41. The molecule has 3 aromatic rings. The zero-order valence-electron chi connectivity index (χ0n) is 21.7. The maximum atomic E-state index is 14.1. The minimum absolute atomic E-state index is 0.0629. The summed E-state index contributed by atoms with van der Waals surface area (Å²) in [5.74, 6) is -0.534. The van der Waals surface area contributed by atoms with E-state index in [9.17, 15) is 19.7 Å². The molecule has 0 fully saturated rings. The van der Waals surface area contributed by atoms with E-state index in [2.05, 4.69) is 0 Å². The van der Waals surface area contributed by atoms with Crippen molar-refractivity contribution >= 4 is 46.6 Å². The number of anilines is 1. The molecule has 0 radical (unpaired) electrons. The SMILES string of the molecule is CCOc1ccc([C@@H]2Sc3ccccc3N(CCN(C)C)C(=O)[C@@H]2OC(=O)c2ccc([N+](=O)[O-])cc2Cl)cc1. The van der Waals surface area contributed by atoms with Crippen LogP contribution in [0, 0.1) is 10.1 Å². The third-order valence-electron chi connectivity index (χ3n) is 6.10. The van der Waals surface area contributed by atoms with Gasteiger partial charge >= 0.3 is 5.97 Å². The van der Waals surface area contributed by atoms with Gasteiger partial charge in [-0.3, -0.25) is 14.9 Å². The molecule has 1 heterocycles.